The second kappa shape index (κ2) is 11.3. The average Bonchev–Trinajstić information content (AvgIpc) is 2.73. The fraction of sp³-hybridized carbons (Fsp3) is 0.565. The van der Waals surface area contributed by atoms with Gasteiger partial charge in [-0.05, 0) is 60.8 Å². The van der Waals surface area contributed by atoms with Crippen LogP contribution in [0.3, 0.4) is 0 Å². The first-order valence-electron chi connectivity index (χ1n) is 11.3. The number of allylic oxidation sites excluding steroid dienone is 1. The Balaban J connectivity index is 2.56. The highest BCUT2D eigenvalue weighted by Gasteiger charge is 2.39. The average molecular weight is 508 g/mol. The van der Waals surface area contributed by atoms with Crippen LogP contribution in [-0.4, -0.2) is 69.7 Å². The maximum absolute atomic E-state index is 13.1. The molecule has 2 aliphatic rings. The molecule has 1 fully saturated rings. The van der Waals surface area contributed by atoms with E-state index in [9.17, 15) is 19.2 Å². The van der Waals surface area contributed by atoms with Crippen molar-refractivity contribution in [1.82, 2.24) is 15.5 Å². The van der Waals surface area contributed by atoms with E-state index in [1.165, 1.54) is 6.20 Å². The summed E-state index contributed by atoms with van der Waals surface area (Å²) >= 11 is 0. The third-order valence-electron chi connectivity index (χ3n) is 4.50. The largest absolute Gasteiger partial charge is 0.474 e. The molecule has 0 aromatic carbocycles. The molecule has 0 radical (unpaired) electrons. The molecule has 3 amide bonds. The van der Waals surface area contributed by atoms with Crippen molar-refractivity contribution in [2.45, 2.75) is 78.2 Å². The van der Waals surface area contributed by atoms with E-state index in [-0.39, 0.29) is 17.1 Å². The van der Waals surface area contributed by atoms with Crippen molar-refractivity contribution < 1.29 is 38.5 Å². The SMILES string of the molecule is CC(C)(C)OC(=O)N(C(=O)OC(C)(C)C)C1=NC=C(NC(=O)C(=O)O)C(=N)/C1=C\NC1CCCCO1. The van der Waals surface area contributed by atoms with Crippen molar-refractivity contribution in [2.75, 3.05) is 6.61 Å². The van der Waals surface area contributed by atoms with Crippen LogP contribution in [0.1, 0.15) is 60.8 Å². The van der Waals surface area contributed by atoms with Crippen LogP contribution >= 0.6 is 0 Å². The second-order valence-electron chi connectivity index (χ2n) is 10.0. The predicted molar refractivity (Wildman–Crippen MR) is 128 cm³/mol. The maximum Gasteiger partial charge on any atom is 0.425 e. The first kappa shape index (κ1) is 28.5. The lowest BCUT2D eigenvalue weighted by Crippen LogP contribution is -2.49. The summed E-state index contributed by atoms with van der Waals surface area (Å²) in [7, 11) is 0. The molecule has 2 aliphatic heterocycles. The Bertz CT molecular complexity index is 983. The molecule has 13 heteroatoms. The molecule has 13 nitrogen and oxygen atoms in total. The maximum atomic E-state index is 13.1. The minimum Gasteiger partial charge on any atom is -0.474 e. The molecule has 0 aliphatic carbocycles. The molecule has 0 spiro atoms. The van der Waals surface area contributed by atoms with Gasteiger partial charge >= 0.3 is 24.1 Å². The topological polar surface area (TPSA) is 180 Å². The number of rotatable bonds is 3. The van der Waals surface area contributed by atoms with Crippen LogP contribution in [0.5, 0.6) is 0 Å². The third kappa shape index (κ3) is 8.18. The molecule has 1 atom stereocenters. The highest BCUT2D eigenvalue weighted by atomic mass is 16.6. The number of carbonyl (C=O) groups is 4. The molecule has 4 N–H and O–H groups in total. The van der Waals surface area contributed by atoms with Crippen LogP contribution in [0.15, 0.2) is 28.7 Å². The number of amidine groups is 1. The summed E-state index contributed by atoms with van der Waals surface area (Å²) in [5, 5.41) is 22.6. The molecule has 0 saturated carbocycles. The normalized spacial score (nSPS) is 19.6. The highest BCUT2D eigenvalue weighted by Crippen LogP contribution is 2.22. The minimum absolute atomic E-state index is 0.107. The van der Waals surface area contributed by atoms with E-state index >= 15 is 0 Å². The number of ether oxygens (including phenoxy) is 3. The molecule has 36 heavy (non-hydrogen) atoms. The summed E-state index contributed by atoms with van der Waals surface area (Å²) in [5.41, 5.74) is -2.72. The fourth-order valence-electron chi connectivity index (χ4n) is 3.01. The number of carboxylic acid groups (broad SMARTS) is 1. The number of aliphatic imine (C=N–C) groups is 1. The van der Waals surface area contributed by atoms with Gasteiger partial charge in [0.2, 0.25) is 0 Å². The molecule has 2 rings (SSSR count). The van der Waals surface area contributed by atoms with Crippen LogP contribution in [0.4, 0.5) is 9.59 Å². The Morgan fingerprint density at radius 2 is 1.69 bits per heavy atom. The van der Waals surface area contributed by atoms with Gasteiger partial charge in [0.15, 0.2) is 5.84 Å². The lowest BCUT2D eigenvalue weighted by atomic mass is 10.0. The third-order valence-corrected chi connectivity index (χ3v) is 4.50. The summed E-state index contributed by atoms with van der Waals surface area (Å²) in [5.74, 6) is -3.47. The van der Waals surface area contributed by atoms with E-state index in [1.54, 1.807) is 41.5 Å². The van der Waals surface area contributed by atoms with E-state index in [2.05, 4.69) is 15.6 Å². The lowest BCUT2D eigenvalue weighted by Gasteiger charge is -2.31. The first-order valence-corrected chi connectivity index (χ1v) is 11.3. The van der Waals surface area contributed by atoms with E-state index in [0.717, 1.165) is 19.0 Å². The van der Waals surface area contributed by atoms with Crippen LogP contribution in [0.25, 0.3) is 0 Å². The number of aliphatic carboxylic acids is 1. The zero-order valence-electron chi connectivity index (χ0n) is 21.3. The van der Waals surface area contributed by atoms with E-state index in [0.29, 0.717) is 17.9 Å². The van der Waals surface area contributed by atoms with Gasteiger partial charge in [0.05, 0.1) is 23.2 Å². The van der Waals surface area contributed by atoms with Crippen LogP contribution < -0.4 is 10.6 Å². The predicted octanol–water partition coefficient (Wildman–Crippen LogP) is 2.63. The zero-order chi connectivity index (χ0) is 27.3. The quantitative estimate of drug-likeness (QED) is 0.418. The van der Waals surface area contributed by atoms with Crippen LogP contribution in [0.2, 0.25) is 0 Å². The van der Waals surface area contributed by atoms with Gasteiger partial charge in [-0.2, -0.15) is 4.90 Å². The standard InChI is InChI=1S/C23H33N5O8/c1-22(2,3)35-20(32)28(21(33)36-23(4,5)6)17-13(11-25-15-9-7-8-10-34-15)16(24)14(12-26-17)27-18(29)19(30)31/h11-12,15,24-25H,7-10H2,1-6H3,(H,27,29)(H,30,31)/b13-11+,24-16?. The monoisotopic (exact) mass is 507 g/mol. The number of nitrogens with one attached hydrogen (secondary N) is 3. The molecule has 1 saturated heterocycles. The molecule has 198 valence electrons. The Morgan fingerprint density at radius 1 is 1.11 bits per heavy atom. The van der Waals surface area contributed by atoms with Gasteiger partial charge < -0.3 is 30.0 Å². The Kier molecular flexibility index (Phi) is 8.97. The number of amides is 3. The molecular formula is C23H33N5O8. The van der Waals surface area contributed by atoms with Gasteiger partial charge in [-0.3, -0.25) is 10.2 Å². The van der Waals surface area contributed by atoms with Gasteiger partial charge in [-0.25, -0.2) is 19.4 Å². The smallest absolute Gasteiger partial charge is 0.425 e. The summed E-state index contributed by atoms with van der Waals surface area (Å²) < 4.78 is 16.4. The van der Waals surface area contributed by atoms with Gasteiger partial charge in [0.25, 0.3) is 0 Å². The summed E-state index contributed by atoms with van der Waals surface area (Å²) in [6, 6.07) is 0. The van der Waals surface area contributed by atoms with Crippen LogP contribution in [0, 0.1) is 5.41 Å². The Labute approximate surface area is 209 Å². The summed E-state index contributed by atoms with van der Waals surface area (Å²) in [6.07, 6.45) is 2.15. The molecule has 2 heterocycles. The minimum atomic E-state index is -1.76. The van der Waals surface area contributed by atoms with Gasteiger partial charge in [-0.1, -0.05) is 0 Å². The summed E-state index contributed by atoms with van der Waals surface area (Å²) in [6.45, 7) is 10.2. The molecular weight excluding hydrogens is 474 g/mol. The number of nitrogens with zero attached hydrogens (tertiary/aromatic N) is 2. The van der Waals surface area contributed by atoms with E-state index in [4.69, 9.17) is 24.7 Å². The van der Waals surface area contributed by atoms with Crippen molar-refractivity contribution in [1.29, 1.82) is 5.41 Å². The van der Waals surface area contributed by atoms with Crippen molar-refractivity contribution >= 4 is 35.6 Å². The van der Waals surface area contributed by atoms with E-state index < -0.39 is 47.2 Å². The molecule has 0 aromatic rings. The molecule has 0 bridgehead atoms. The van der Waals surface area contributed by atoms with Crippen molar-refractivity contribution in [3.8, 4) is 0 Å². The Morgan fingerprint density at radius 3 is 2.17 bits per heavy atom. The van der Waals surface area contributed by atoms with E-state index in [1.807, 2.05) is 0 Å². The molecule has 1 unspecified atom stereocenters. The highest BCUT2D eigenvalue weighted by molar-refractivity contribution is 6.37. The van der Waals surface area contributed by atoms with Crippen LogP contribution in [-0.2, 0) is 23.8 Å². The van der Waals surface area contributed by atoms with Gasteiger partial charge in [-0.15, -0.1) is 0 Å². The van der Waals surface area contributed by atoms with Gasteiger partial charge in [0.1, 0.15) is 17.4 Å². The van der Waals surface area contributed by atoms with Gasteiger partial charge in [0, 0.05) is 12.8 Å². The number of hydrogen-bond donors (Lipinski definition) is 4. The number of carbonyl (C=O) groups excluding carboxylic acids is 3. The number of hydrogen-bond acceptors (Lipinski definition) is 10. The lowest BCUT2D eigenvalue weighted by molar-refractivity contribution is -0.149. The number of carboxylic acids is 1. The summed E-state index contributed by atoms with van der Waals surface area (Å²) in [4.78, 5) is 53.6. The van der Waals surface area contributed by atoms with Crippen molar-refractivity contribution in [3.63, 3.8) is 0 Å². The first-order chi connectivity index (χ1) is 16.6. The number of imide groups is 1. The Hall–Kier alpha value is -3.74. The fourth-order valence-corrected chi connectivity index (χ4v) is 3.01. The van der Waals surface area contributed by atoms with Crippen molar-refractivity contribution in [2.24, 2.45) is 4.99 Å². The molecule has 0 aromatic heterocycles. The zero-order valence-corrected chi connectivity index (χ0v) is 21.3. The second-order valence-corrected chi connectivity index (χ2v) is 10.0. The van der Waals surface area contributed by atoms with Crippen molar-refractivity contribution in [3.05, 3.63) is 23.7 Å².